The quantitative estimate of drug-likeness (QED) is 0.762. The topological polar surface area (TPSA) is 112 Å². The lowest BCUT2D eigenvalue weighted by molar-refractivity contribution is -0.140. The highest BCUT2D eigenvalue weighted by molar-refractivity contribution is 9.10. The fourth-order valence-electron chi connectivity index (χ4n) is 2.47. The third-order valence-corrected chi connectivity index (χ3v) is 4.17. The lowest BCUT2D eigenvalue weighted by Gasteiger charge is -2.27. The van der Waals surface area contributed by atoms with Crippen LogP contribution in [0.4, 0.5) is 0 Å². The highest BCUT2D eigenvalue weighted by Crippen LogP contribution is 2.40. The Hall–Kier alpha value is -2.79. The van der Waals surface area contributed by atoms with E-state index in [0.717, 1.165) is 4.47 Å². The number of hydrogen-bond donors (Lipinski definition) is 1. The van der Waals surface area contributed by atoms with E-state index in [1.54, 1.807) is 24.3 Å². The van der Waals surface area contributed by atoms with Crippen LogP contribution in [0.15, 0.2) is 51.5 Å². The Kier molecular flexibility index (Phi) is 5.83. The minimum atomic E-state index is -0.807. The molecule has 1 atom stereocenters. The summed E-state index contributed by atoms with van der Waals surface area (Å²) in [5.74, 6) is -2.30. The monoisotopic (exact) mass is 406 g/mol. The highest BCUT2D eigenvalue weighted by Gasteiger charge is 2.38. The minimum absolute atomic E-state index is 0.00289. The van der Waals surface area contributed by atoms with Crippen molar-refractivity contribution < 1.29 is 23.8 Å². The molecule has 8 heteroatoms. The number of hydrogen-bond acceptors (Lipinski definition) is 7. The molecule has 0 aliphatic carbocycles. The second-order valence-electron chi connectivity index (χ2n) is 5.06. The van der Waals surface area contributed by atoms with Crippen LogP contribution in [0, 0.1) is 11.3 Å². The van der Waals surface area contributed by atoms with Crippen molar-refractivity contribution in [1.29, 1.82) is 5.26 Å². The van der Waals surface area contributed by atoms with Gasteiger partial charge in [-0.05, 0) is 17.7 Å². The van der Waals surface area contributed by atoms with Gasteiger partial charge in [0, 0.05) is 4.47 Å². The molecule has 1 aliphatic heterocycles. The fourth-order valence-corrected chi connectivity index (χ4v) is 2.74. The minimum Gasteiger partial charge on any atom is -0.469 e. The van der Waals surface area contributed by atoms with Crippen molar-refractivity contribution in [2.24, 2.45) is 5.73 Å². The van der Waals surface area contributed by atoms with Gasteiger partial charge in [-0.15, -0.1) is 0 Å². The van der Waals surface area contributed by atoms with E-state index in [9.17, 15) is 14.9 Å². The van der Waals surface area contributed by atoms with Crippen LogP contribution in [-0.4, -0.2) is 26.2 Å². The van der Waals surface area contributed by atoms with Gasteiger partial charge in [-0.2, -0.15) is 5.26 Å². The number of rotatable bonds is 4. The van der Waals surface area contributed by atoms with Crippen LogP contribution < -0.4 is 5.73 Å². The summed E-state index contributed by atoms with van der Waals surface area (Å²) in [6, 6.07) is 8.99. The molecule has 130 valence electrons. The van der Waals surface area contributed by atoms with Gasteiger partial charge in [0.05, 0.1) is 25.7 Å². The van der Waals surface area contributed by atoms with Crippen molar-refractivity contribution in [3.05, 3.63) is 57.1 Å². The maximum Gasteiger partial charge on any atom is 0.338 e. The average molecular weight is 407 g/mol. The molecule has 2 N–H and O–H groups in total. The van der Waals surface area contributed by atoms with Crippen molar-refractivity contribution in [1.82, 2.24) is 0 Å². The van der Waals surface area contributed by atoms with E-state index in [1.807, 2.05) is 6.07 Å². The molecule has 0 bridgehead atoms. The van der Waals surface area contributed by atoms with Crippen molar-refractivity contribution in [3.63, 3.8) is 0 Å². The molecule has 1 aliphatic rings. The van der Waals surface area contributed by atoms with E-state index >= 15 is 0 Å². The van der Waals surface area contributed by atoms with Gasteiger partial charge in [0.25, 0.3) is 0 Å². The number of nitrogens with zero attached hydrogens (tertiary/aromatic N) is 1. The summed E-state index contributed by atoms with van der Waals surface area (Å²) in [5.41, 5.74) is 6.59. The zero-order valence-corrected chi connectivity index (χ0v) is 15.1. The maximum absolute atomic E-state index is 12.4. The Morgan fingerprint density at radius 2 is 1.92 bits per heavy atom. The lowest BCUT2D eigenvalue weighted by Crippen LogP contribution is -2.26. The molecular weight excluding hydrogens is 392 g/mol. The van der Waals surface area contributed by atoms with Crippen LogP contribution in [0.1, 0.15) is 17.9 Å². The predicted molar refractivity (Wildman–Crippen MR) is 90.5 cm³/mol. The van der Waals surface area contributed by atoms with Crippen LogP contribution in [0.5, 0.6) is 0 Å². The van der Waals surface area contributed by atoms with Crippen LogP contribution in [0.2, 0.25) is 0 Å². The highest BCUT2D eigenvalue weighted by atomic mass is 79.9. The molecule has 0 aromatic heterocycles. The number of nitriles is 1. The van der Waals surface area contributed by atoms with E-state index < -0.39 is 17.9 Å². The molecule has 2 rings (SSSR count). The van der Waals surface area contributed by atoms with Crippen LogP contribution in [0.25, 0.3) is 0 Å². The molecule has 0 radical (unpaired) electrons. The molecule has 0 saturated carbocycles. The summed E-state index contributed by atoms with van der Waals surface area (Å²) in [6.45, 7) is 0. The maximum atomic E-state index is 12.4. The number of carbonyl (C=O) groups excluding carboxylic acids is 2. The Morgan fingerprint density at radius 3 is 2.44 bits per heavy atom. The summed E-state index contributed by atoms with van der Waals surface area (Å²) in [6.07, 6.45) is -0.312. The molecule has 0 fully saturated rings. The average Bonchev–Trinajstić information content (AvgIpc) is 2.61. The Morgan fingerprint density at radius 1 is 1.28 bits per heavy atom. The predicted octanol–water partition coefficient (Wildman–Crippen LogP) is 2.25. The second kappa shape index (κ2) is 7.85. The lowest BCUT2D eigenvalue weighted by atomic mass is 9.82. The van der Waals surface area contributed by atoms with Crippen LogP contribution in [-0.2, 0) is 23.8 Å². The summed E-state index contributed by atoms with van der Waals surface area (Å²) >= 11 is 3.33. The van der Waals surface area contributed by atoms with Gasteiger partial charge in [-0.1, -0.05) is 28.1 Å². The van der Waals surface area contributed by atoms with Crippen molar-refractivity contribution in [2.75, 3.05) is 14.2 Å². The third kappa shape index (κ3) is 3.83. The summed E-state index contributed by atoms with van der Waals surface area (Å²) in [4.78, 5) is 24.0. The van der Waals surface area contributed by atoms with Gasteiger partial charge < -0.3 is 19.9 Å². The molecule has 0 spiro atoms. The number of halogens is 1. The number of benzene rings is 1. The van der Waals surface area contributed by atoms with Crippen LogP contribution in [0.3, 0.4) is 0 Å². The normalized spacial score (nSPS) is 16.8. The number of carbonyl (C=O) groups is 2. The van der Waals surface area contributed by atoms with Gasteiger partial charge in [-0.25, -0.2) is 4.79 Å². The van der Waals surface area contributed by atoms with Crippen LogP contribution >= 0.6 is 15.9 Å². The van der Waals surface area contributed by atoms with E-state index in [-0.39, 0.29) is 29.2 Å². The van der Waals surface area contributed by atoms with E-state index in [2.05, 4.69) is 20.7 Å². The number of allylic oxidation sites excluding steroid dienone is 1. The van der Waals surface area contributed by atoms with E-state index in [4.69, 9.17) is 15.2 Å². The second-order valence-corrected chi connectivity index (χ2v) is 5.97. The van der Waals surface area contributed by atoms with Gasteiger partial charge >= 0.3 is 11.9 Å². The molecule has 1 heterocycles. The Labute approximate surface area is 152 Å². The largest absolute Gasteiger partial charge is 0.469 e. The first-order valence-corrected chi connectivity index (χ1v) is 7.93. The summed E-state index contributed by atoms with van der Waals surface area (Å²) in [7, 11) is 2.42. The van der Waals surface area contributed by atoms with E-state index in [0.29, 0.717) is 5.56 Å². The molecule has 7 nitrogen and oxygen atoms in total. The molecule has 1 aromatic rings. The molecule has 0 saturated heterocycles. The molecule has 1 unspecified atom stereocenters. The van der Waals surface area contributed by atoms with Crippen molar-refractivity contribution in [2.45, 2.75) is 12.3 Å². The van der Waals surface area contributed by atoms with E-state index in [1.165, 1.54) is 14.2 Å². The molecule has 1 aromatic carbocycles. The molecular formula is C17H15BrN2O5. The fraction of sp³-hybridized carbons (Fsp3) is 0.235. The summed E-state index contributed by atoms with van der Waals surface area (Å²) in [5, 5.41) is 9.49. The molecule has 25 heavy (non-hydrogen) atoms. The SMILES string of the molecule is COC(=O)CC1=C(C(=O)OC)C(c2ccc(Br)cc2)C(C#N)=C(N)O1. The number of ether oxygens (including phenoxy) is 3. The summed E-state index contributed by atoms with van der Waals surface area (Å²) < 4.78 is 15.7. The number of nitrogens with two attached hydrogens (primary N) is 1. The first kappa shape index (κ1) is 18.5. The van der Waals surface area contributed by atoms with Crippen molar-refractivity contribution >= 4 is 27.9 Å². The Balaban J connectivity index is 2.66. The van der Waals surface area contributed by atoms with Crippen molar-refractivity contribution in [3.8, 4) is 6.07 Å². The number of methoxy groups -OCH3 is 2. The zero-order valence-electron chi connectivity index (χ0n) is 13.5. The van der Waals surface area contributed by atoms with Gasteiger partial charge in [-0.3, -0.25) is 4.79 Å². The number of esters is 2. The molecule has 0 amide bonds. The van der Waals surface area contributed by atoms with Gasteiger partial charge in [0.15, 0.2) is 0 Å². The smallest absolute Gasteiger partial charge is 0.338 e. The zero-order chi connectivity index (χ0) is 18.6. The first-order valence-electron chi connectivity index (χ1n) is 7.14. The Bertz CT molecular complexity index is 805. The van der Waals surface area contributed by atoms with Gasteiger partial charge in [0.2, 0.25) is 5.88 Å². The first-order chi connectivity index (χ1) is 11.9. The van der Waals surface area contributed by atoms with Gasteiger partial charge in [0.1, 0.15) is 23.8 Å². The third-order valence-electron chi connectivity index (χ3n) is 3.64. The standard InChI is InChI=1S/C17H15BrN2O5/c1-23-13(21)7-12-15(17(22)24-2)14(11(8-19)16(20)25-12)9-3-5-10(18)6-4-9/h3-6,14H,7,20H2,1-2H3.